The molecule has 4 saturated carbocycles. The number of anilines is 1. The first-order valence-corrected chi connectivity index (χ1v) is 10.6. The monoisotopic (exact) mass is 398 g/mol. The normalized spacial score (nSPS) is 30.5. The van der Waals surface area contributed by atoms with Gasteiger partial charge in [0.2, 0.25) is 0 Å². The largest absolute Gasteiger partial charge is 0.347 e. The summed E-state index contributed by atoms with van der Waals surface area (Å²) in [7, 11) is 0. The minimum atomic E-state index is -2.41. The van der Waals surface area contributed by atoms with Crippen LogP contribution in [0, 0.1) is 28.1 Å². The highest BCUT2D eigenvalue weighted by Gasteiger charge is 2.53. The van der Waals surface area contributed by atoms with Gasteiger partial charge >= 0.3 is 0 Å². The molecule has 0 aromatic heterocycles. The second-order valence-corrected chi connectivity index (χ2v) is 9.14. The van der Waals surface area contributed by atoms with Crippen molar-refractivity contribution in [2.24, 2.45) is 5.41 Å². The molecule has 4 fully saturated rings. The van der Waals surface area contributed by atoms with E-state index >= 15 is 0 Å². The molecule has 1 aromatic rings. The first-order chi connectivity index (χ1) is 13.4. The first kappa shape index (κ1) is 18.9. The van der Waals surface area contributed by atoms with E-state index in [0.29, 0.717) is 24.1 Å². The Kier molecular flexibility index (Phi) is 4.45. The zero-order valence-corrected chi connectivity index (χ0v) is 16.3. The molecule has 2 N–H and O–H groups in total. The molecule has 0 saturated heterocycles. The Morgan fingerprint density at radius 3 is 2.14 bits per heavy atom. The number of rotatable bonds is 5. The Morgan fingerprint density at radius 2 is 1.64 bits per heavy atom. The molecule has 146 valence electrons. The number of para-hydroxylation sites is 1. The van der Waals surface area contributed by atoms with Gasteiger partial charge in [-0.1, -0.05) is 12.1 Å². The average Bonchev–Trinajstić information content (AvgIpc) is 3.50. The van der Waals surface area contributed by atoms with E-state index < -0.39 is 16.8 Å². The smallest absolute Gasteiger partial charge is 0.263 e. The van der Waals surface area contributed by atoms with Crippen LogP contribution < -0.4 is 9.62 Å². The van der Waals surface area contributed by atoms with Crippen molar-refractivity contribution in [3.05, 3.63) is 29.8 Å². The zero-order chi connectivity index (χ0) is 20.0. The molecule has 8 heteroatoms. The maximum Gasteiger partial charge on any atom is 0.263 e. The number of fused-ring (bicyclic) bond motifs is 3. The van der Waals surface area contributed by atoms with Crippen LogP contribution in [0.15, 0.2) is 24.3 Å². The molecular weight excluding hydrogens is 376 g/mol. The van der Waals surface area contributed by atoms with E-state index in [0.717, 1.165) is 42.8 Å². The van der Waals surface area contributed by atoms with E-state index in [4.69, 9.17) is 0 Å². The molecule has 5 rings (SSSR count). The number of nitriles is 2. The van der Waals surface area contributed by atoms with Crippen molar-refractivity contribution in [1.29, 1.82) is 10.5 Å². The Morgan fingerprint density at radius 1 is 1.04 bits per heavy atom. The van der Waals surface area contributed by atoms with Gasteiger partial charge in [-0.25, -0.2) is 8.51 Å². The predicted molar refractivity (Wildman–Crippen MR) is 103 cm³/mol. The van der Waals surface area contributed by atoms with Gasteiger partial charge in [0.15, 0.2) is 0 Å². The fourth-order valence-electron chi connectivity index (χ4n) is 4.63. The van der Waals surface area contributed by atoms with Crippen LogP contribution in [0.3, 0.4) is 0 Å². The summed E-state index contributed by atoms with van der Waals surface area (Å²) >= 11 is -2.41. The number of amides is 1. The van der Waals surface area contributed by atoms with E-state index in [2.05, 4.69) is 17.5 Å². The molecule has 0 heterocycles. The van der Waals surface area contributed by atoms with Crippen LogP contribution in [0.4, 0.5) is 5.69 Å². The molecule has 1 atom stereocenters. The van der Waals surface area contributed by atoms with Gasteiger partial charge in [0.05, 0.1) is 28.8 Å². The fraction of sp³-hybridized carbons (Fsp3) is 0.550. The SMILES string of the molecule is N#CC12CCC(NC(=O)c3ccccc3N(S(=O)O)C3(C#N)CC3)(CC1)CC2. The molecule has 1 unspecified atom stereocenters. The van der Waals surface area contributed by atoms with Crippen LogP contribution in [0.1, 0.15) is 61.7 Å². The summed E-state index contributed by atoms with van der Waals surface area (Å²) < 4.78 is 23.0. The van der Waals surface area contributed by atoms with E-state index in [1.54, 1.807) is 24.3 Å². The number of nitrogens with zero attached hydrogens (tertiary/aromatic N) is 3. The van der Waals surface area contributed by atoms with Crippen LogP contribution in [0.2, 0.25) is 0 Å². The van der Waals surface area contributed by atoms with Crippen LogP contribution in [-0.2, 0) is 11.3 Å². The lowest BCUT2D eigenvalue weighted by atomic mass is 9.58. The Bertz CT molecular complexity index is 904. The average molecular weight is 398 g/mol. The van der Waals surface area contributed by atoms with Crippen molar-refractivity contribution in [2.45, 2.75) is 62.4 Å². The van der Waals surface area contributed by atoms with Crippen molar-refractivity contribution < 1.29 is 13.6 Å². The van der Waals surface area contributed by atoms with Gasteiger partial charge in [-0.3, -0.25) is 9.35 Å². The van der Waals surface area contributed by atoms with Crippen LogP contribution in [-0.4, -0.2) is 25.7 Å². The standard InChI is InChI=1S/C20H22N4O3S/c21-13-18-5-8-19(9-6-18,10-7-18)23-17(25)15-3-1-2-4-16(15)24(28(26)27)20(14-22)11-12-20/h1-4H,5-12H2,(H,23,25)(H,26,27). The van der Waals surface area contributed by atoms with E-state index in [1.165, 1.54) is 0 Å². The van der Waals surface area contributed by atoms with Gasteiger partial charge in [0.25, 0.3) is 17.2 Å². The van der Waals surface area contributed by atoms with Gasteiger partial charge in [-0.15, -0.1) is 0 Å². The molecule has 7 nitrogen and oxygen atoms in total. The quantitative estimate of drug-likeness (QED) is 0.739. The van der Waals surface area contributed by atoms with Crippen molar-refractivity contribution in [2.75, 3.05) is 4.31 Å². The molecule has 2 bridgehead atoms. The minimum absolute atomic E-state index is 0.236. The predicted octanol–water partition coefficient (Wildman–Crippen LogP) is 3.03. The van der Waals surface area contributed by atoms with Gasteiger partial charge in [0, 0.05) is 5.54 Å². The molecule has 28 heavy (non-hydrogen) atoms. The lowest BCUT2D eigenvalue weighted by molar-refractivity contribution is 0.0521. The second-order valence-electron chi connectivity index (χ2n) is 8.31. The highest BCUT2D eigenvalue weighted by atomic mass is 32.2. The molecule has 0 radical (unpaired) electrons. The number of benzene rings is 1. The highest BCUT2D eigenvalue weighted by Crippen LogP contribution is 2.52. The first-order valence-electron chi connectivity index (χ1n) is 9.54. The van der Waals surface area contributed by atoms with Crippen LogP contribution in [0.5, 0.6) is 0 Å². The van der Waals surface area contributed by atoms with Gasteiger partial charge in [-0.2, -0.15) is 10.5 Å². The summed E-state index contributed by atoms with van der Waals surface area (Å²) in [4.78, 5) is 13.2. The summed E-state index contributed by atoms with van der Waals surface area (Å²) in [5.41, 5.74) is -0.993. The summed E-state index contributed by atoms with van der Waals surface area (Å²) in [6.07, 6.45) is 5.66. The third kappa shape index (κ3) is 2.97. The van der Waals surface area contributed by atoms with Gasteiger partial charge in [-0.05, 0) is 63.5 Å². The Hall–Kier alpha value is -2.42. The zero-order valence-electron chi connectivity index (χ0n) is 15.5. The summed E-state index contributed by atoms with van der Waals surface area (Å²) in [5.74, 6) is -0.300. The van der Waals surface area contributed by atoms with E-state index in [1.807, 2.05) is 0 Å². The van der Waals surface area contributed by atoms with E-state index in [9.17, 15) is 24.1 Å². The number of hydrogen-bond acceptors (Lipinski definition) is 4. The van der Waals surface area contributed by atoms with Gasteiger partial charge in [0.1, 0.15) is 5.54 Å². The molecular formula is C20H22N4O3S. The van der Waals surface area contributed by atoms with E-state index in [-0.39, 0.29) is 16.9 Å². The number of carbonyl (C=O) groups excluding carboxylic acids is 1. The van der Waals surface area contributed by atoms with Crippen molar-refractivity contribution in [3.63, 3.8) is 0 Å². The number of carbonyl (C=O) groups is 1. The summed E-state index contributed by atoms with van der Waals surface area (Å²) in [5, 5.41) is 22.1. The van der Waals surface area contributed by atoms with Crippen molar-refractivity contribution in [1.82, 2.24) is 5.32 Å². The Balaban J connectivity index is 1.61. The lowest BCUT2D eigenvalue weighted by Gasteiger charge is -2.50. The van der Waals surface area contributed by atoms with Crippen molar-refractivity contribution in [3.8, 4) is 12.1 Å². The molecule has 4 aliphatic carbocycles. The fourth-order valence-corrected chi connectivity index (χ4v) is 5.48. The molecule has 1 aromatic carbocycles. The van der Waals surface area contributed by atoms with Gasteiger partial charge < -0.3 is 5.32 Å². The topological polar surface area (TPSA) is 117 Å². The number of nitrogens with one attached hydrogen (secondary N) is 1. The second kappa shape index (κ2) is 6.58. The van der Waals surface area contributed by atoms with Crippen LogP contribution in [0.25, 0.3) is 0 Å². The summed E-state index contributed by atoms with van der Waals surface area (Å²) in [6.45, 7) is 0. The maximum absolute atomic E-state index is 13.2. The maximum atomic E-state index is 13.2. The third-order valence-corrected chi connectivity index (χ3v) is 7.56. The lowest BCUT2D eigenvalue weighted by Crippen LogP contribution is -2.56. The van der Waals surface area contributed by atoms with Crippen molar-refractivity contribution >= 4 is 22.9 Å². The Labute approximate surface area is 166 Å². The van der Waals surface area contributed by atoms with Crippen LogP contribution >= 0.6 is 0 Å². The number of hydrogen-bond donors (Lipinski definition) is 2. The molecule has 1 amide bonds. The molecule has 4 aliphatic rings. The minimum Gasteiger partial charge on any atom is -0.347 e. The summed E-state index contributed by atoms with van der Waals surface area (Å²) in [6, 6.07) is 11.2. The molecule has 0 aliphatic heterocycles. The molecule has 0 spiro atoms. The highest BCUT2D eigenvalue weighted by molar-refractivity contribution is 7.80. The third-order valence-electron chi connectivity index (χ3n) is 6.71.